The Kier molecular flexibility index (Phi) is 6.86. The smallest absolute Gasteiger partial charge is 0.338 e. The van der Waals surface area contributed by atoms with E-state index >= 15 is 0 Å². The Morgan fingerprint density at radius 3 is 2.62 bits per heavy atom. The molecular weight excluding hydrogens is 358 g/mol. The molecule has 0 aliphatic rings. The number of hydrogen-bond acceptors (Lipinski definition) is 5. The third kappa shape index (κ3) is 5.13. The van der Waals surface area contributed by atoms with Gasteiger partial charge in [0.1, 0.15) is 11.5 Å². The standard InChI is InChI=1S/C19H20ClNO5/c1-4-25-19(23)13-6-5-7-15(10-13)26-12(2)18(22)21-14-8-9-17(24-3)16(20)11-14/h5-12H,4H2,1-3H3,(H,21,22). The number of ether oxygens (including phenoxy) is 3. The van der Waals surface area contributed by atoms with E-state index in [4.69, 9.17) is 25.8 Å². The Balaban J connectivity index is 2.02. The van der Waals surface area contributed by atoms with Crippen LogP contribution in [0.2, 0.25) is 5.02 Å². The number of hydrogen-bond donors (Lipinski definition) is 1. The van der Waals surface area contributed by atoms with Crippen LogP contribution in [0.3, 0.4) is 0 Å². The quantitative estimate of drug-likeness (QED) is 0.740. The molecule has 26 heavy (non-hydrogen) atoms. The Bertz CT molecular complexity index is 793. The summed E-state index contributed by atoms with van der Waals surface area (Å²) in [5, 5.41) is 3.11. The molecule has 0 aromatic heterocycles. The second kappa shape index (κ2) is 9.10. The van der Waals surface area contributed by atoms with E-state index in [2.05, 4.69) is 5.32 Å². The van der Waals surface area contributed by atoms with Crippen molar-refractivity contribution < 1.29 is 23.8 Å². The van der Waals surface area contributed by atoms with Gasteiger partial charge in [0.25, 0.3) is 5.91 Å². The fourth-order valence-corrected chi connectivity index (χ4v) is 2.41. The van der Waals surface area contributed by atoms with Crippen molar-refractivity contribution in [3.05, 3.63) is 53.1 Å². The molecule has 0 spiro atoms. The lowest BCUT2D eigenvalue weighted by Gasteiger charge is -2.15. The fourth-order valence-electron chi connectivity index (χ4n) is 2.16. The summed E-state index contributed by atoms with van der Waals surface area (Å²) in [7, 11) is 1.51. The van der Waals surface area contributed by atoms with Crippen LogP contribution in [0, 0.1) is 0 Å². The number of rotatable bonds is 7. The zero-order chi connectivity index (χ0) is 19.1. The number of carbonyl (C=O) groups excluding carboxylic acids is 2. The molecule has 2 aromatic carbocycles. The minimum Gasteiger partial charge on any atom is -0.495 e. The molecule has 0 saturated heterocycles. The summed E-state index contributed by atoms with van der Waals surface area (Å²) in [6.45, 7) is 3.63. The third-order valence-electron chi connectivity index (χ3n) is 3.45. The number of carbonyl (C=O) groups is 2. The Morgan fingerprint density at radius 1 is 1.19 bits per heavy atom. The summed E-state index contributed by atoms with van der Waals surface area (Å²) in [5.74, 6) is 0.117. The number of nitrogens with one attached hydrogen (secondary N) is 1. The van der Waals surface area contributed by atoms with Gasteiger partial charge in [-0.3, -0.25) is 4.79 Å². The molecule has 0 radical (unpaired) electrons. The van der Waals surface area contributed by atoms with Gasteiger partial charge in [0.05, 0.1) is 24.3 Å². The molecule has 138 valence electrons. The number of benzene rings is 2. The third-order valence-corrected chi connectivity index (χ3v) is 3.74. The monoisotopic (exact) mass is 377 g/mol. The second-order valence-electron chi connectivity index (χ2n) is 5.35. The Labute approximate surface area is 157 Å². The molecule has 7 heteroatoms. The Morgan fingerprint density at radius 2 is 1.96 bits per heavy atom. The van der Waals surface area contributed by atoms with Crippen molar-refractivity contribution in [2.24, 2.45) is 0 Å². The number of amides is 1. The zero-order valence-electron chi connectivity index (χ0n) is 14.7. The normalized spacial score (nSPS) is 11.4. The average Bonchev–Trinajstić information content (AvgIpc) is 2.62. The van der Waals surface area contributed by atoms with Gasteiger partial charge in [0, 0.05) is 5.69 Å². The molecule has 0 heterocycles. The van der Waals surface area contributed by atoms with Crippen molar-refractivity contribution in [2.75, 3.05) is 19.0 Å². The zero-order valence-corrected chi connectivity index (χ0v) is 15.5. The molecular formula is C19H20ClNO5. The van der Waals surface area contributed by atoms with Crippen molar-refractivity contribution in [2.45, 2.75) is 20.0 Å². The van der Waals surface area contributed by atoms with Crippen LogP contribution in [0.1, 0.15) is 24.2 Å². The van der Waals surface area contributed by atoms with Gasteiger partial charge in [0.15, 0.2) is 6.10 Å². The molecule has 1 atom stereocenters. The highest BCUT2D eigenvalue weighted by molar-refractivity contribution is 6.32. The van der Waals surface area contributed by atoms with Gasteiger partial charge in [-0.25, -0.2) is 4.79 Å². The molecule has 0 aliphatic heterocycles. The summed E-state index contributed by atoms with van der Waals surface area (Å²) < 4.78 is 15.6. The van der Waals surface area contributed by atoms with Crippen LogP contribution in [0.4, 0.5) is 5.69 Å². The van der Waals surface area contributed by atoms with Gasteiger partial charge in [-0.15, -0.1) is 0 Å². The van der Waals surface area contributed by atoms with Crippen LogP contribution < -0.4 is 14.8 Å². The van der Waals surface area contributed by atoms with Gasteiger partial charge in [-0.2, -0.15) is 0 Å². The molecule has 0 fully saturated rings. The number of esters is 1. The lowest BCUT2D eigenvalue weighted by Crippen LogP contribution is -2.30. The minimum atomic E-state index is -0.784. The van der Waals surface area contributed by atoms with E-state index in [0.717, 1.165) is 0 Å². The van der Waals surface area contributed by atoms with Crippen molar-refractivity contribution in [1.82, 2.24) is 0 Å². The molecule has 2 rings (SSSR count). The van der Waals surface area contributed by atoms with E-state index in [1.165, 1.54) is 13.2 Å². The maximum atomic E-state index is 12.3. The van der Waals surface area contributed by atoms with Gasteiger partial charge < -0.3 is 19.5 Å². The fraction of sp³-hybridized carbons (Fsp3) is 0.263. The van der Waals surface area contributed by atoms with Gasteiger partial charge in [0.2, 0.25) is 0 Å². The summed E-state index contributed by atoms with van der Waals surface area (Å²) >= 11 is 6.04. The van der Waals surface area contributed by atoms with Crippen molar-refractivity contribution in [1.29, 1.82) is 0 Å². The van der Waals surface area contributed by atoms with Gasteiger partial charge in [-0.05, 0) is 50.2 Å². The lowest BCUT2D eigenvalue weighted by atomic mass is 10.2. The van der Waals surface area contributed by atoms with Crippen molar-refractivity contribution in [3.8, 4) is 11.5 Å². The van der Waals surface area contributed by atoms with Gasteiger partial charge in [-0.1, -0.05) is 17.7 Å². The number of anilines is 1. The first kappa shape index (κ1) is 19.6. The first-order valence-electron chi connectivity index (χ1n) is 8.02. The molecule has 1 amide bonds. The van der Waals surface area contributed by atoms with E-state index in [9.17, 15) is 9.59 Å². The lowest BCUT2D eigenvalue weighted by molar-refractivity contribution is -0.122. The van der Waals surface area contributed by atoms with E-state index in [1.54, 1.807) is 50.2 Å². The highest BCUT2D eigenvalue weighted by atomic mass is 35.5. The van der Waals surface area contributed by atoms with Crippen LogP contribution in [0.15, 0.2) is 42.5 Å². The number of halogens is 1. The van der Waals surface area contributed by atoms with E-state index in [-0.39, 0.29) is 12.5 Å². The molecule has 0 bridgehead atoms. The van der Waals surface area contributed by atoms with Crippen LogP contribution in [0.5, 0.6) is 11.5 Å². The van der Waals surface area contributed by atoms with Crippen molar-refractivity contribution >= 4 is 29.2 Å². The average molecular weight is 378 g/mol. The van der Waals surface area contributed by atoms with E-state index < -0.39 is 12.1 Å². The summed E-state index contributed by atoms with van der Waals surface area (Å²) in [6, 6.07) is 11.4. The van der Waals surface area contributed by atoms with E-state index in [1.807, 2.05) is 0 Å². The van der Waals surface area contributed by atoms with Crippen LogP contribution in [-0.2, 0) is 9.53 Å². The molecule has 2 aromatic rings. The van der Waals surface area contributed by atoms with E-state index in [0.29, 0.717) is 27.8 Å². The molecule has 1 N–H and O–H groups in total. The van der Waals surface area contributed by atoms with Gasteiger partial charge >= 0.3 is 5.97 Å². The predicted molar refractivity (Wildman–Crippen MR) is 99.1 cm³/mol. The highest BCUT2D eigenvalue weighted by Gasteiger charge is 2.16. The second-order valence-corrected chi connectivity index (χ2v) is 5.75. The van der Waals surface area contributed by atoms with Crippen LogP contribution in [-0.4, -0.2) is 31.7 Å². The maximum Gasteiger partial charge on any atom is 0.338 e. The molecule has 0 aliphatic carbocycles. The number of methoxy groups -OCH3 is 1. The minimum absolute atomic E-state index is 0.285. The first-order valence-corrected chi connectivity index (χ1v) is 8.40. The SMILES string of the molecule is CCOC(=O)c1cccc(OC(C)C(=O)Nc2ccc(OC)c(Cl)c2)c1. The largest absolute Gasteiger partial charge is 0.495 e. The summed E-state index contributed by atoms with van der Waals surface area (Å²) in [6.07, 6.45) is -0.784. The first-order chi connectivity index (χ1) is 12.4. The molecule has 1 unspecified atom stereocenters. The topological polar surface area (TPSA) is 73.9 Å². The van der Waals surface area contributed by atoms with Crippen molar-refractivity contribution in [3.63, 3.8) is 0 Å². The van der Waals surface area contributed by atoms with Crippen LogP contribution >= 0.6 is 11.6 Å². The maximum absolute atomic E-state index is 12.3. The predicted octanol–water partition coefficient (Wildman–Crippen LogP) is 3.93. The Hall–Kier alpha value is -2.73. The summed E-state index contributed by atoms with van der Waals surface area (Å²) in [5.41, 5.74) is 0.885. The van der Waals surface area contributed by atoms with Crippen LogP contribution in [0.25, 0.3) is 0 Å². The molecule has 6 nitrogen and oxygen atoms in total. The summed E-state index contributed by atoms with van der Waals surface area (Å²) in [4.78, 5) is 24.1. The highest BCUT2D eigenvalue weighted by Crippen LogP contribution is 2.27. The molecule has 0 saturated carbocycles.